The lowest BCUT2D eigenvalue weighted by Crippen LogP contribution is -2.36. The molecule has 0 bridgehead atoms. The first-order valence-electron chi connectivity index (χ1n) is 8.58. The van der Waals surface area contributed by atoms with Crippen molar-refractivity contribution in [3.8, 4) is 0 Å². The highest BCUT2D eigenvalue weighted by molar-refractivity contribution is 6.14. The highest BCUT2D eigenvalue weighted by atomic mass is 16.5. The Morgan fingerprint density at radius 3 is 2.56 bits per heavy atom. The number of aromatic nitrogens is 2. The Morgan fingerprint density at radius 1 is 1.07 bits per heavy atom. The molecule has 1 saturated heterocycles. The van der Waals surface area contributed by atoms with Crippen molar-refractivity contribution in [3.05, 3.63) is 53.6 Å². The predicted molar refractivity (Wildman–Crippen MR) is 100 cm³/mol. The zero-order chi connectivity index (χ0) is 18.8. The van der Waals surface area contributed by atoms with Gasteiger partial charge in [0.05, 0.1) is 40.9 Å². The average molecular weight is 366 g/mol. The van der Waals surface area contributed by atoms with Gasteiger partial charge in [0.2, 0.25) is 0 Å². The number of hydrogen-bond donors (Lipinski definition) is 3. The number of carbonyl (C=O) groups excluding carboxylic acids is 1. The molecule has 1 aliphatic heterocycles. The van der Waals surface area contributed by atoms with E-state index in [1.165, 1.54) is 12.1 Å². The number of aromatic carboxylic acids is 1. The van der Waals surface area contributed by atoms with Crippen molar-refractivity contribution < 1.29 is 19.4 Å². The van der Waals surface area contributed by atoms with Crippen LogP contribution in [0.1, 0.15) is 20.7 Å². The average Bonchev–Trinajstić information content (AvgIpc) is 3.11. The minimum atomic E-state index is -1.15. The number of ether oxygens (including phenoxy) is 1. The topological polar surface area (TPSA) is 108 Å². The third-order valence-corrected chi connectivity index (χ3v) is 4.55. The molecule has 8 nitrogen and oxygen atoms in total. The maximum atomic E-state index is 12.7. The molecule has 0 spiro atoms. The molecule has 1 fully saturated rings. The predicted octanol–water partition coefficient (Wildman–Crippen LogP) is 2.35. The quantitative estimate of drug-likeness (QED) is 0.654. The maximum absolute atomic E-state index is 12.7. The maximum Gasteiger partial charge on any atom is 0.336 e. The summed E-state index contributed by atoms with van der Waals surface area (Å²) in [4.78, 5) is 26.3. The Kier molecular flexibility index (Phi) is 4.47. The molecule has 0 atom stereocenters. The largest absolute Gasteiger partial charge is 0.478 e. The summed E-state index contributed by atoms with van der Waals surface area (Å²) in [6, 6.07) is 11.9. The van der Waals surface area contributed by atoms with Crippen LogP contribution in [-0.2, 0) is 4.74 Å². The summed E-state index contributed by atoms with van der Waals surface area (Å²) in [5.41, 5.74) is 1.78. The van der Waals surface area contributed by atoms with Crippen LogP contribution in [0.3, 0.4) is 0 Å². The molecular formula is C19H18N4O4. The lowest BCUT2D eigenvalue weighted by molar-refractivity contribution is 0.0692. The smallest absolute Gasteiger partial charge is 0.336 e. The van der Waals surface area contributed by atoms with Gasteiger partial charge in [0.1, 0.15) is 0 Å². The van der Waals surface area contributed by atoms with Crippen molar-refractivity contribution in [2.75, 3.05) is 36.5 Å². The summed E-state index contributed by atoms with van der Waals surface area (Å²) >= 11 is 0. The Bertz CT molecular complexity index is 1010. The van der Waals surface area contributed by atoms with Crippen LogP contribution in [0.15, 0.2) is 42.5 Å². The van der Waals surface area contributed by atoms with Crippen molar-refractivity contribution in [2.45, 2.75) is 0 Å². The first-order chi connectivity index (χ1) is 13.1. The first-order valence-corrected chi connectivity index (χ1v) is 8.58. The summed E-state index contributed by atoms with van der Waals surface area (Å²) < 4.78 is 5.41. The summed E-state index contributed by atoms with van der Waals surface area (Å²) in [5.74, 6) is -1.29. The number of morpholine rings is 1. The van der Waals surface area contributed by atoms with E-state index in [1.807, 2.05) is 18.2 Å². The van der Waals surface area contributed by atoms with Gasteiger partial charge in [0.15, 0.2) is 5.82 Å². The zero-order valence-electron chi connectivity index (χ0n) is 14.4. The molecule has 138 valence electrons. The molecule has 0 saturated carbocycles. The molecular weight excluding hydrogens is 348 g/mol. The number of nitrogens with zero attached hydrogens (tertiary/aromatic N) is 2. The van der Waals surface area contributed by atoms with Gasteiger partial charge in [0, 0.05) is 13.1 Å². The van der Waals surface area contributed by atoms with E-state index in [-0.39, 0.29) is 11.1 Å². The van der Waals surface area contributed by atoms with Gasteiger partial charge in [-0.15, -0.1) is 0 Å². The fourth-order valence-corrected chi connectivity index (χ4v) is 3.25. The number of fused-ring (bicyclic) bond motifs is 1. The minimum Gasteiger partial charge on any atom is -0.478 e. The lowest BCUT2D eigenvalue weighted by Gasteiger charge is -2.29. The van der Waals surface area contributed by atoms with Crippen molar-refractivity contribution in [3.63, 3.8) is 0 Å². The van der Waals surface area contributed by atoms with E-state index in [9.17, 15) is 14.7 Å². The van der Waals surface area contributed by atoms with E-state index in [0.717, 1.165) is 29.7 Å². The summed E-state index contributed by atoms with van der Waals surface area (Å²) in [6.45, 7) is 2.78. The highest BCUT2D eigenvalue weighted by Crippen LogP contribution is 2.32. The Labute approximate surface area is 154 Å². The van der Waals surface area contributed by atoms with E-state index in [4.69, 9.17) is 4.74 Å². The molecule has 1 aliphatic rings. The van der Waals surface area contributed by atoms with Crippen molar-refractivity contribution in [1.82, 2.24) is 10.2 Å². The zero-order valence-corrected chi connectivity index (χ0v) is 14.4. The normalized spacial score (nSPS) is 14.3. The Morgan fingerprint density at radius 2 is 1.81 bits per heavy atom. The van der Waals surface area contributed by atoms with Gasteiger partial charge in [-0.25, -0.2) is 4.79 Å². The molecule has 1 aromatic heterocycles. The number of anilines is 2. The fraction of sp³-hybridized carbons (Fsp3) is 0.211. The number of carboxylic acid groups (broad SMARTS) is 1. The molecule has 0 radical (unpaired) electrons. The van der Waals surface area contributed by atoms with Crippen LogP contribution in [0.4, 0.5) is 11.5 Å². The number of benzene rings is 2. The van der Waals surface area contributed by atoms with Crippen LogP contribution in [0.25, 0.3) is 10.9 Å². The number of hydrogen-bond acceptors (Lipinski definition) is 5. The summed E-state index contributed by atoms with van der Waals surface area (Å²) in [6.07, 6.45) is 0. The van der Waals surface area contributed by atoms with Crippen LogP contribution in [0.2, 0.25) is 0 Å². The van der Waals surface area contributed by atoms with Crippen molar-refractivity contribution in [1.29, 1.82) is 0 Å². The molecule has 0 unspecified atom stereocenters. The SMILES string of the molecule is O=C(O)c1ccccc1C(=O)Nc1n[nH]c2cccc(N3CCOCC3)c12. The number of amides is 1. The monoisotopic (exact) mass is 366 g/mol. The summed E-state index contributed by atoms with van der Waals surface area (Å²) in [5, 5.41) is 20.0. The van der Waals surface area contributed by atoms with Gasteiger partial charge in [-0.3, -0.25) is 9.89 Å². The molecule has 8 heteroatoms. The molecule has 2 heterocycles. The Hall–Kier alpha value is -3.39. The molecule has 4 rings (SSSR count). The van der Waals surface area contributed by atoms with Crippen LogP contribution >= 0.6 is 0 Å². The van der Waals surface area contributed by atoms with Gasteiger partial charge in [-0.1, -0.05) is 18.2 Å². The number of nitrogens with one attached hydrogen (secondary N) is 2. The Balaban J connectivity index is 1.71. The number of rotatable bonds is 4. The van der Waals surface area contributed by atoms with Crippen molar-refractivity contribution in [2.24, 2.45) is 0 Å². The van der Waals surface area contributed by atoms with E-state index >= 15 is 0 Å². The van der Waals surface area contributed by atoms with Crippen LogP contribution < -0.4 is 10.2 Å². The molecule has 3 aromatic rings. The second-order valence-electron chi connectivity index (χ2n) is 6.18. The van der Waals surface area contributed by atoms with E-state index in [2.05, 4.69) is 20.4 Å². The standard InChI is InChI=1S/C19H18N4O4/c24-18(12-4-1-2-5-13(12)19(25)26)20-17-16-14(21-22-17)6-3-7-15(16)23-8-10-27-11-9-23/h1-7H,8-11H2,(H,25,26)(H2,20,21,22,24). The molecule has 2 aromatic carbocycles. The molecule has 0 aliphatic carbocycles. The fourth-order valence-electron chi connectivity index (χ4n) is 3.25. The number of carboxylic acids is 1. The van der Waals surface area contributed by atoms with Gasteiger partial charge >= 0.3 is 5.97 Å². The minimum absolute atomic E-state index is 0.0526. The van der Waals surface area contributed by atoms with Crippen LogP contribution in [0.5, 0.6) is 0 Å². The van der Waals surface area contributed by atoms with Crippen LogP contribution in [-0.4, -0.2) is 53.5 Å². The van der Waals surface area contributed by atoms with Gasteiger partial charge in [-0.2, -0.15) is 5.10 Å². The number of carbonyl (C=O) groups is 2. The van der Waals surface area contributed by atoms with Crippen molar-refractivity contribution >= 4 is 34.3 Å². The van der Waals surface area contributed by atoms with Crippen LogP contribution in [0, 0.1) is 0 Å². The molecule has 3 N–H and O–H groups in total. The van der Waals surface area contributed by atoms with Gasteiger partial charge < -0.3 is 20.1 Å². The third-order valence-electron chi connectivity index (χ3n) is 4.55. The highest BCUT2D eigenvalue weighted by Gasteiger charge is 2.21. The molecule has 1 amide bonds. The van der Waals surface area contributed by atoms with Gasteiger partial charge in [-0.05, 0) is 24.3 Å². The summed E-state index contributed by atoms with van der Waals surface area (Å²) in [7, 11) is 0. The second-order valence-corrected chi connectivity index (χ2v) is 6.18. The van der Waals surface area contributed by atoms with E-state index in [1.54, 1.807) is 12.1 Å². The lowest BCUT2D eigenvalue weighted by atomic mass is 10.1. The van der Waals surface area contributed by atoms with E-state index in [0.29, 0.717) is 19.0 Å². The van der Waals surface area contributed by atoms with Gasteiger partial charge in [0.25, 0.3) is 5.91 Å². The number of aromatic amines is 1. The molecule has 27 heavy (non-hydrogen) atoms. The second kappa shape index (κ2) is 7.08. The first kappa shape index (κ1) is 17.0. The third kappa shape index (κ3) is 3.22. The van der Waals surface area contributed by atoms with E-state index < -0.39 is 11.9 Å². The number of H-pyrrole nitrogens is 1.